The average molecular weight is 648 g/mol. The Hall–Kier alpha value is -3.48. The lowest BCUT2D eigenvalue weighted by Gasteiger charge is -2.32. The highest BCUT2D eigenvalue weighted by Crippen LogP contribution is 2.20. The number of aliphatic hydroxyl groups is 1. The molecule has 0 aliphatic heterocycles. The summed E-state index contributed by atoms with van der Waals surface area (Å²) < 4.78 is 37.2. The van der Waals surface area contributed by atoms with Crippen molar-refractivity contribution in [1.82, 2.24) is 10.2 Å². The lowest BCUT2D eigenvalue weighted by Crippen LogP contribution is -2.55. The number of amides is 2. The summed E-state index contributed by atoms with van der Waals surface area (Å²) in [6, 6.07) is 14.2. The first-order valence-corrected chi connectivity index (χ1v) is 17.1. The number of nitrogens with zero attached hydrogens (tertiary/aromatic N) is 1. The van der Waals surface area contributed by atoms with Gasteiger partial charge in [-0.2, -0.15) is 0 Å². The maximum absolute atomic E-state index is 14.2. The van der Waals surface area contributed by atoms with Crippen molar-refractivity contribution in [2.45, 2.75) is 88.8 Å². The van der Waals surface area contributed by atoms with Crippen molar-refractivity contribution in [3.63, 3.8) is 0 Å². The summed E-state index contributed by atoms with van der Waals surface area (Å²) in [5, 5.41) is 13.1. The number of hydrogen-bond donors (Lipinski definition) is 3. The lowest BCUT2D eigenvalue weighted by atomic mass is 10.0. The van der Waals surface area contributed by atoms with E-state index in [1.807, 2.05) is 44.2 Å². The van der Waals surface area contributed by atoms with Crippen molar-refractivity contribution in [3.8, 4) is 5.75 Å². The molecule has 0 fully saturated rings. The summed E-state index contributed by atoms with van der Waals surface area (Å²) in [6.07, 6.45) is 0.793. The van der Waals surface area contributed by atoms with Crippen molar-refractivity contribution in [1.29, 1.82) is 0 Å². The molecule has 0 aromatic heterocycles. The smallest absolute Gasteiger partial charge is 0.306 e. The molecule has 0 saturated carbocycles. The molecule has 2 aromatic carbocycles. The zero-order valence-electron chi connectivity index (χ0n) is 26.8. The Bertz CT molecular complexity index is 1320. The summed E-state index contributed by atoms with van der Waals surface area (Å²) in [7, 11) is -1.12. The molecule has 12 heteroatoms. The Balaban J connectivity index is 2.44. The van der Waals surface area contributed by atoms with Crippen LogP contribution in [0.25, 0.3) is 0 Å². The number of benzene rings is 2. The van der Waals surface area contributed by atoms with Crippen LogP contribution in [0.2, 0.25) is 0 Å². The van der Waals surface area contributed by atoms with Crippen molar-refractivity contribution in [2.24, 2.45) is 5.73 Å². The lowest BCUT2D eigenvalue weighted by molar-refractivity contribution is -0.142. The van der Waals surface area contributed by atoms with Crippen LogP contribution in [0.4, 0.5) is 0 Å². The van der Waals surface area contributed by atoms with Crippen LogP contribution in [0.1, 0.15) is 63.5 Å². The summed E-state index contributed by atoms with van der Waals surface area (Å²) in [5.41, 5.74) is 7.94. The number of nitrogens with two attached hydrogens (primary N) is 1. The van der Waals surface area contributed by atoms with Crippen LogP contribution in [-0.4, -0.2) is 86.2 Å². The Labute approximate surface area is 267 Å². The van der Waals surface area contributed by atoms with Gasteiger partial charge >= 0.3 is 5.97 Å². The molecule has 0 bridgehead atoms. The number of nitrogens with one attached hydrogen (secondary N) is 1. The van der Waals surface area contributed by atoms with Crippen molar-refractivity contribution < 1.29 is 37.4 Å². The van der Waals surface area contributed by atoms with Crippen LogP contribution in [0.5, 0.6) is 5.75 Å². The van der Waals surface area contributed by atoms with E-state index in [0.29, 0.717) is 43.4 Å². The monoisotopic (exact) mass is 647 g/mol. The van der Waals surface area contributed by atoms with E-state index >= 15 is 0 Å². The highest BCUT2D eigenvalue weighted by Gasteiger charge is 2.35. The van der Waals surface area contributed by atoms with Crippen LogP contribution in [0, 0.1) is 0 Å². The quantitative estimate of drug-likeness (QED) is 0.183. The van der Waals surface area contributed by atoms with E-state index in [4.69, 9.17) is 10.5 Å². The topological polar surface area (TPSA) is 165 Å². The van der Waals surface area contributed by atoms with Crippen LogP contribution in [0.3, 0.4) is 0 Å². The molecule has 0 spiro atoms. The van der Waals surface area contributed by atoms with E-state index in [2.05, 4.69) is 10.1 Å². The molecule has 0 radical (unpaired) electrons. The molecule has 3 atom stereocenters. The predicted octanol–water partition coefficient (Wildman–Crippen LogP) is 2.78. The van der Waals surface area contributed by atoms with Gasteiger partial charge in [0.25, 0.3) is 0 Å². The Morgan fingerprint density at radius 1 is 0.956 bits per heavy atom. The minimum Gasteiger partial charge on any atom is -0.497 e. The minimum atomic E-state index is -3.84. The number of aliphatic hydroxyl groups excluding tert-OH is 1. The summed E-state index contributed by atoms with van der Waals surface area (Å²) in [6.45, 7) is 3.57. The fourth-order valence-corrected chi connectivity index (χ4v) is 7.25. The zero-order valence-corrected chi connectivity index (χ0v) is 27.6. The Morgan fingerprint density at radius 2 is 1.60 bits per heavy atom. The number of sulfone groups is 1. The second-order valence-electron chi connectivity index (χ2n) is 11.2. The van der Waals surface area contributed by atoms with E-state index in [-0.39, 0.29) is 25.9 Å². The summed E-state index contributed by atoms with van der Waals surface area (Å²) in [4.78, 5) is 40.1. The first-order chi connectivity index (χ1) is 21.4. The third-order valence-electron chi connectivity index (χ3n) is 7.58. The SMILES string of the molecule is CCCC(CCC)S(=O)(=O)CC(NC(=O)CCC(=O)OC)C(=O)N(Cc1cccc(OC)c1)C[C@@H](O)[C@@H](N)Cc1ccccc1. The number of methoxy groups -OCH3 is 2. The van der Waals surface area contributed by atoms with Gasteiger partial charge in [-0.1, -0.05) is 69.2 Å². The van der Waals surface area contributed by atoms with Gasteiger partial charge in [0, 0.05) is 25.6 Å². The molecular formula is C33H49N3O8S. The number of rotatable bonds is 20. The normalized spacial score (nSPS) is 13.5. The van der Waals surface area contributed by atoms with Gasteiger partial charge < -0.3 is 30.5 Å². The number of esters is 1. The molecular weight excluding hydrogens is 598 g/mol. The largest absolute Gasteiger partial charge is 0.497 e. The number of hydrogen-bond acceptors (Lipinski definition) is 9. The van der Waals surface area contributed by atoms with Gasteiger partial charge in [0.15, 0.2) is 9.84 Å². The third-order valence-corrected chi connectivity index (χ3v) is 9.87. The second kappa shape index (κ2) is 19.1. The average Bonchev–Trinajstić information content (AvgIpc) is 3.02. The van der Waals surface area contributed by atoms with Crippen LogP contribution in [0.15, 0.2) is 54.6 Å². The van der Waals surface area contributed by atoms with Gasteiger partial charge in [-0.25, -0.2) is 8.42 Å². The molecule has 2 amide bonds. The first-order valence-electron chi connectivity index (χ1n) is 15.4. The van der Waals surface area contributed by atoms with Gasteiger partial charge in [-0.3, -0.25) is 14.4 Å². The number of carbonyl (C=O) groups excluding carboxylic acids is 3. The maximum atomic E-state index is 14.2. The van der Waals surface area contributed by atoms with Gasteiger partial charge in [0.05, 0.1) is 37.7 Å². The van der Waals surface area contributed by atoms with Crippen LogP contribution >= 0.6 is 0 Å². The summed E-state index contributed by atoms with van der Waals surface area (Å²) in [5.74, 6) is -2.04. The molecule has 45 heavy (non-hydrogen) atoms. The molecule has 11 nitrogen and oxygen atoms in total. The fourth-order valence-electron chi connectivity index (χ4n) is 5.10. The van der Waals surface area contributed by atoms with E-state index in [9.17, 15) is 27.9 Å². The molecule has 2 aromatic rings. The highest BCUT2D eigenvalue weighted by atomic mass is 32.2. The molecule has 0 aliphatic rings. The maximum Gasteiger partial charge on any atom is 0.306 e. The predicted molar refractivity (Wildman–Crippen MR) is 173 cm³/mol. The molecule has 4 N–H and O–H groups in total. The highest BCUT2D eigenvalue weighted by molar-refractivity contribution is 7.92. The zero-order chi connectivity index (χ0) is 33.4. The minimum absolute atomic E-state index is 0.00687. The van der Waals surface area contributed by atoms with Crippen LogP contribution in [-0.2, 0) is 41.9 Å². The van der Waals surface area contributed by atoms with Crippen LogP contribution < -0.4 is 15.8 Å². The first kappa shape index (κ1) is 37.7. The molecule has 0 aliphatic carbocycles. The van der Waals surface area contributed by atoms with E-state index in [1.165, 1.54) is 19.1 Å². The third kappa shape index (κ3) is 12.8. The van der Waals surface area contributed by atoms with Crippen molar-refractivity contribution >= 4 is 27.6 Å². The second-order valence-corrected chi connectivity index (χ2v) is 13.5. The molecule has 250 valence electrons. The van der Waals surface area contributed by atoms with Gasteiger partial charge in [-0.15, -0.1) is 0 Å². The fraction of sp³-hybridized carbons (Fsp3) is 0.545. The van der Waals surface area contributed by atoms with Gasteiger partial charge in [0.2, 0.25) is 11.8 Å². The van der Waals surface area contributed by atoms with Crippen molar-refractivity contribution in [3.05, 3.63) is 65.7 Å². The molecule has 1 unspecified atom stereocenters. The molecule has 0 saturated heterocycles. The van der Waals surface area contributed by atoms with Crippen molar-refractivity contribution in [2.75, 3.05) is 26.5 Å². The Kier molecular flexibility index (Phi) is 16.0. The van der Waals surface area contributed by atoms with Gasteiger partial charge in [-0.05, 0) is 42.5 Å². The summed E-state index contributed by atoms with van der Waals surface area (Å²) >= 11 is 0. The Morgan fingerprint density at radius 3 is 2.20 bits per heavy atom. The molecule has 0 heterocycles. The molecule has 2 rings (SSSR count). The van der Waals surface area contributed by atoms with E-state index < -0.39 is 56.8 Å². The van der Waals surface area contributed by atoms with Gasteiger partial charge in [0.1, 0.15) is 11.8 Å². The standard InChI is InChI=1S/C33H49N3O8S/c1-5-11-27(12-6-2)45(41,42)23-29(35-31(38)17-18-32(39)44-4)33(40)36(21-25-15-10-16-26(19-25)43-3)22-30(37)28(34)20-24-13-8-7-9-14-24/h7-10,13-16,19,27-30,37H,5-6,11-12,17-18,20-23,34H2,1-4H3,(H,35,38)/t28-,29?,30+/m0/s1. The number of ether oxygens (including phenoxy) is 2. The van der Waals surface area contributed by atoms with E-state index in [0.717, 1.165) is 5.56 Å². The van der Waals surface area contributed by atoms with E-state index in [1.54, 1.807) is 24.3 Å². The number of carbonyl (C=O) groups is 3.